The predicted octanol–water partition coefficient (Wildman–Crippen LogP) is 16.9. The molecular formula is C100H134Cl2F3NO21. The number of aliphatic hydroxyl groups excluding tert-OH is 6. The van der Waals surface area contributed by atoms with Crippen molar-refractivity contribution >= 4 is 34.8 Å². The van der Waals surface area contributed by atoms with E-state index in [0.29, 0.717) is 44.5 Å². The highest BCUT2D eigenvalue weighted by Gasteiger charge is 2.53. The number of benzene rings is 9. The van der Waals surface area contributed by atoms with Crippen molar-refractivity contribution in [2.24, 2.45) is 17.6 Å². The zero-order valence-electron chi connectivity index (χ0n) is 75.9. The van der Waals surface area contributed by atoms with Crippen molar-refractivity contribution < 1.29 is 119 Å². The average Bonchev–Trinajstić information content (AvgIpc) is 0.792. The molecule has 19 N–H and O–H groups in total. The maximum Gasteiger partial charge on any atom is 0.421 e. The predicted molar refractivity (Wildman–Crippen MR) is 493 cm³/mol. The van der Waals surface area contributed by atoms with Gasteiger partial charge in [-0.2, -0.15) is 13.2 Å². The molecule has 0 spiro atoms. The van der Waals surface area contributed by atoms with Crippen LogP contribution in [-0.4, -0.2) is 149 Å². The number of phenolic OH excluding ortho intramolecular Hbond substituents is 3. The third-order valence-electron chi connectivity index (χ3n) is 21.6. The van der Waals surface area contributed by atoms with E-state index >= 15 is 0 Å². The van der Waals surface area contributed by atoms with Gasteiger partial charge in [-0.1, -0.05) is 272 Å². The van der Waals surface area contributed by atoms with Crippen molar-refractivity contribution in [1.82, 2.24) is 0 Å². The van der Waals surface area contributed by atoms with Crippen LogP contribution < -0.4 is 10.5 Å². The Morgan fingerprint density at radius 2 is 0.976 bits per heavy atom. The van der Waals surface area contributed by atoms with Crippen LogP contribution in [-0.2, 0) is 53.3 Å². The molecule has 22 nitrogen and oxygen atoms in total. The number of ketones is 2. The van der Waals surface area contributed by atoms with Gasteiger partial charge < -0.3 is 102 Å². The molecule has 9 aromatic carbocycles. The van der Waals surface area contributed by atoms with Crippen molar-refractivity contribution in [1.29, 1.82) is 0 Å². The maximum absolute atomic E-state index is 12.6. The molecule has 27 heteroatoms. The first kappa shape index (κ1) is 115. The third-order valence-corrected chi connectivity index (χ3v) is 22.2. The number of alkyl halides is 3. The molecule has 0 saturated carbocycles. The molecule has 700 valence electrons. The van der Waals surface area contributed by atoms with Crippen molar-refractivity contribution in [2.45, 2.75) is 212 Å². The van der Waals surface area contributed by atoms with E-state index in [4.69, 9.17) is 53.7 Å². The largest absolute Gasteiger partial charge is 0.508 e. The van der Waals surface area contributed by atoms with Gasteiger partial charge >= 0.3 is 6.18 Å². The fraction of sp³-hybridized carbons (Fsp3) is 0.400. The number of rotatable bonds is 27. The number of Topliss-reactive ketones (excluding diaryl/α,β-unsaturated/α-hetero) is 2. The van der Waals surface area contributed by atoms with E-state index in [1.165, 1.54) is 63.4 Å². The normalized spacial score (nSPS) is 14.4. The van der Waals surface area contributed by atoms with Gasteiger partial charge in [0.05, 0.1) is 49.3 Å². The van der Waals surface area contributed by atoms with Gasteiger partial charge in [0.2, 0.25) is 0 Å². The highest BCUT2D eigenvalue weighted by atomic mass is 35.5. The van der Waals surface area contributed by atoms with Gasteiger partial charge in [0.25, 0.3) is 5.79 Å². The lowest BCUT2D eigenvalue weighted by Gasteiger charge is -2.36. The molecule has 9 atom stereocenters. The summed E-state index contributed by atoms with van der Waals surface area (Å²) < 4.78 is 47.9. The molecule has 0 amide bonds. The average molecular weight is 1810 g/mol. The number of carbonyl (C=O) groups is 2. The van der Waals surface area contributed by atoms with Crippen LogP contribution in [0.2, 0.25) is 10.0 Å². The second kappa shape index (κ2) is 52.2. The quantitative estimate of drug-likeness (QED) is 0.00984. The summed E-state index contributed by atoms with van der Waals surface area (Å²) >= 11 is 11.5. The molecule has 0 fully saturated rings. The minimum absolute atomic E-state index is 0.0188. The van der Waals surface area contributed by atoms with Crippen LogP contribution >= 0.6 is 23.2 Å². The van der Waals surface area contributed by atoms with E-state index in [1.807, 2.05) is 133 Å². The van der Waals surface area contributed by atoms with Gasteiger partial charge in [-0.05, 0) is 157 Å². The van der Waals surface area contributed by atoms with Crippen molar-refractivity contribution in [3.8, 4) is 23.0 Å². The first-order valence-corrected chi connectivity index (χ1v) is 41.7. The molecule has 0 aliphatic heterocycles. The number of allylic oxidation sites excluding steroid dienone is 1. The summed E-state index contributed by atoms with van der Waals surface area (Å²) in [7, 11) is 1.45. The molecule has 9 aromatic rings. The molecule has 9 rings (SSSR count). The molecule has 9 unspecified atom stereocenters. The third kappa shape index (κ3) is 35.8. The van der Waals surface area contributed by atoms with Gasteiger partial charge in [0.15, 0.2) is 34.5 Å². The highest BCUT2D eigenvalue weighted by Crippen LogP contribution is 2.44. The van der Waals surface area contributed by atoms with Crippen LogP contribution in [0.3, 0.4) is 0 Å². The Labute approximate surface area is 756 Å². The summed E-state index contributed by atoms with van der Waals surface area (Å²) in [4.78, 5) is 21.6. The summed E-state index contributed by atoms with van der Waals surface area (Å²) in [6.07, 6.45) is -4.99. The van der Waals surface area contributed by atoms with E-state index in [2.05, 4.69) is 13.2 Å². The molecule has 0 saturated heterocycles. The standard InChI is InChI=1S/C17H26O4.C12H17NO2.C11H15ClO2.C11H13F3O.C11H16O4.C10H14O2.C10H14O.C9H9ClO2.C9H10O3/c1-7-16(3,4)12-9-13(18)11(8-14(12)19)15(20)10(2)17(5,6)21;1-3-12(14,9-15-10(2)13)11-7-5-4-6-8-11;1-10(2,13)11(3,14)8-4-6-9(12)7-5-8;1-3-10(15,11(12,13)14)9-6-4-8(2)5-7-9;1-7(6-12)11(14)8-3-4-9(13)10(5-8)15-2;1-10(7-11,8-12)9-5-3-2-4-6-9;1-3-10(2,11)9-7-5-4-6-8-9;1-6(11)9(12)7-4-2-3-5-8(7)10;1-7(10)9(11,12)8-5-3-2-4-6-8/h7-10,15,18-21H,1H2,2-6H3;4-8,14H,2-3,9,13H2,1H3;4-7,13-14H,1-3H3;4-7,15H,3H2,1-2H3;3-5,7,11-14H,6H2,1-2H3;2-6,11-12H,7-8H2,1H3;4-8,11H,3H2,1-2H3;2-5,9,12H,1H3;2-6,11-12H,1H3. The van der Waals surface area contributed by atoms with Gasteiger partial charge in [-0.15, -0.1) is 6.58 Å². The topological polar surface area (TPSA) is 423 Å². The van der Waals surface area contributed by atoms with E-state index in [1.54, 1.807) is 152 Å². The van der Waals surface area contributed by atoms with E-state index in [0.717, 1.165) is 35.6 Å². The Kier molecular flexibility index (Phi) is 47.4. The van der Waals surface area contributed by atoms with Crippen LogP contribution in [0, 0.1) is 18.8 Å². The maximum atomic E-state index is 12.6. The SMILES string of the molecule is C=C(N)OCC(O)(CC)c1ccccc1.C=CC(C)(C)c1cc(O)c(C(O)C(C)C(C)(C)O)cc1O.CC(=O)C(O)(O)c1ccccc1.CC(=O)C(O)c1ccccc1Cl.CC(C)(O)C(C)(O)c1ccc(Cl)cc1.CC(CO)(CO)c1ccccc1.CCC(C)(O)c1ccccc1.CCC(O)(c1ccc(C)cc1)C(F)(F)F.COc1cc(C(O)C(C)CO)ccc1O. The Morgan fingerprint density at radius 1 is 0.528 bits per heavy atom. The lowest BCUT2D eigenvalue weighted by Crippen LogP contribution is -2.44. The monoisotopic (exact) mass is 1810 g/mol. The number of ether oxygens (including phenoxy) is 2. The smallest absolute Gasteiger partial charge is 0.421 e. The number of aromatic hydroxyl groups is 3. The second-order valence-electron chi connectivity index (χ2n) is 32.9. The molecule has 0 bridgehead atoms. The van der Waals surface area contributed by atoms with Crippen LogP contribution in [0.5, 0.6) is 23.0 Å². The zero-order chi connectivity index (χ0) is 97.7. The summed E-state index contributed by atoms with van der Waals surface area (Å²) in [5.41, 5.74) is 2.49. The lowest BCUT2D eigenvalue weighted by molar-refractivity contribution is -0.267. The van der Waals surface area contributed by atoms with Crippen molar-refractivity contribution in [2.75, 3.05) is 33.5 Å². The van der Waals surface area contributed by atoms with Crippen molar-refractivity contribution in [3.63, 3.8) is 0 Å². The lowest BCUT2D eigenvalue weighted by atomic mass is 9.80. The van der Waals surface area contributed by atoms with Crippen molar-refractivity contribution in [3.05, 3.63) is 321 Å². The van der Waals surface area contributed by atoms with Gasteiger partial charge in [0.1, 0.15) is 35.4 Å². The van der Waals surface area contributed by atoms with Crippen LogP contribution in [0.15, 0.2) is 250 Å². The number of nitrogens with two attached hydrogens (primary N) is 1. The molecule has 127 heavy (non-hydrogen) atoms. The van der Waals surface area contributed by atoms with Gasteiger partial charge in [-0.3, -0.25) is 9.59 Å². The Hall–Kier alpha value is -9.59. The van der Waals surface area contributed by atoms with Crippen LogP contribution in [0.25, 0.3) is 0 Å². The minimum Gasteiger partial charge on any atom is -0.508 e. The molecule has 0 aliphatic carbocycles. The Bertz CT molecular complexity index is 4720. The number of aliphatic hydroxyl groups is 14. The molecule has 0 aromatic heterocycles. The number of aryl methyl sites for hydroxylation is 1. The fourth-order valence-corrected chi connectivity index (χ4v) is 11.5. The number of carbonyl (C=O) groups excluding carboxylic acids is 2. The fourth-order valence-electron chi connectivity index (χ4n) is 11.2. The van der Waals surface area contributed by atoms with E-state index in [9.17, 15) is 94.3 Å². The molecule has 0 aliphatic rings. The number of hydrogen-bond donors (Lipinski definition) is 18. The minimum atomic E-state index is -4.64. The first-order valence-electron chi connectivity index (χ1n) is 40.9. The number of hydrogen-bond acceptors (Lipinski definition) is 22. The zero-order valence-corrected chi connectivity index (χ0v) is 77.4. The number of halogens is 5. The van der Waals surface area contributed by atoms with Crippen LogP contribution in [0.4, 0.5) is 13.2 Å². The number of phenols is 3. The highest BCUT2D eigenvalue weighted by molar-refractivity contribution is 6.31. The summed E-state index contributed by atoms with van der Waals surface area (Å²) in [5, 5.41) is 165. The second-order valence-corrected chi connectivity index (χ2v) is 33.7. The molecular weight excluding hydrogens is 1680 g/mol. The van der Waals surface area contributed by atoms with Gasteiger partial charge in [-0.25, -0.2) is 0 Å². The molecule has 0 radical (unpaired) electrons. The first-order chi connectivity index (χ1) is 58.7. The Balaban J connectivity index is 0.000000719. The summed E-state index contributed by atoms with van der Waals surface area (Å²) in [6.45, 7) is 35.3. The van der Waals surface area contributed by atoms with Crippen LogP contribution in [0.1, 0.15) is 210 Å². The Morgan fingerprint density at radius 3 is 1.36 bits per heavy atom. The number of methoxy groups -OCH3 is 1. The van der Waals surface area contributed by atoms with E-state index in [-0.39, 0.29) is 84.4 Å². The molecule has 0 heterocycles. The van der Waals surface area contributed by atoms with Gasteiger partial charge in [0, 0.05) is 68.5 Å². The summed E-state index contributed by atoms with van der Waals surface area (Å²) in [6, 6.07) is 63.4. The summed E-state index contributed by atoms with van der Waals surface area (Å²) in [5.74, 6) is -3.76. The van der Waals surface area contributed by atoms with E-state index < -0.39 is 86.4 Å².